The molecule has 2 nitrogen and oxygen atoms in total. The van der Waals surface area contributed by atoms with Crippen molar-refractivity contribution in [1.29, 1.82) is 0 Å². The van der Waals surface area contributed by atoms with E-state index in [9.17, 15) is 9.50 Å². The Hall–Kier alpha value is -1.35. The summed E-state index contributed by atoms with van der Waals surface area (Å²) in [5.41, 5.74) is 0.228. The van der Waals surface area contributed by atoms with E-state index in [2.05, 4.69) is 13.8 Å². The van der Waals surface area contributed by atoms with Gasteiger partial charge in [0, 0.05) is 5.39 Å². The quantitative estimate of drug-likeness (QED) is 0.869. The van der Waals surface area contributed by atoms with Crippen LogP contribution in [0.25, 0.3) is 11.0 Å². The highest BCUT2D eigenvalue weighted by molar-refractivity contribution is 5.78. The van der Waals surface area contributed by atoms with Crippen molar-refractivity contribution in [2.24, 2.45) is 5.92 Å². The van der Waals surface area contributed by atoms with Crippen molar-refractivity contribution in [3.63, 3.8) is 0 Å². The second kappa shape index (κ2) is 4.88. The second-order valence-corrected chi connectivity index (χ2v) is 4.57. The predicted octanol–water partition coefficient (Wildman–Crippen LogP) is 4.04. The largest absolute Gasteiger partial charge is 0.455 e. The van der Waals surface area contributed by atoms with Gasteiger partial charge in [-0.25, -0.2) is 4.39 Å². The molecule has 0 bridgehead atoms. The molecule has 3 heteroatoms. The molecular weight excluding hydrogens is 219 g/mol. The van der Waals surface area contributed by atoms with E-state index in [1.807, 2.05) is 0 Å². The Labute approximate surface area is 100 Å². The van der Waals surface area contributed by atoms with Gasteiger partial charge >= 0.3 is 0 Å². The van der Waals surface area contributed by atoms with Crippen molar-refractivity contribution < 1.29 is 13.9 Å². The monoisotopic (exact) mass is 236 g/mol. The Balaban J connectivity index is 2.27. The molecule has 0 aliphatic rings. The fourth-order valence-corrected chi connectivity index (χ4v) is 1.88. The molecule has 0 spiro atoms. The fourth-order valence-electron chi connectivity index (χ4n) is 1.88. The minimum absolute atomic E-state index is 0.228. The highest BCUT2D eigenvalue weighted by Crippen LogP contribution is 2.29. The number of aliphatic hydroxyl groups is 1. The van der Waals surface area contributed by atoms with Crippen molar-refractivity contribution in [2.45, 2.75) is 32.8 Å². The van der Waals surface area contributed by atoms with E-state index in [1.54, 1.807) is 18.2 Å². The average Bonchev–Trinajstić information content (AvgIpc) is 2.74. The third-order valence-electron chi connectivity index (χ3n) is 3.17. The van der Waals surface area contributed by atoms with Crippen LogP contribution in [0.2, 0.25) is 0 Å². The first-order chi connectivity index (χ1) is 8.11. The van der Waals surface area contributed by atoms with Gasteiger partial charge in [0.25, 0.3) is 0 Å². The Morgan fingerprint density at radius 1 is 1.41 bits per heavy atom. The van der Waals surface area contributed by atoms with E-state index in [4.69, 9.17) is 4.42 Å². The zero-order valence-corrected chi connectivity index (χ0v) is 10.1. The number of hydrogen-bond donors (Lipinski definition) is 1. The van der Waals surface area contributed by atoms with Crippen LogP contribution in [0.15, 0.2) is 28.7 Å². The maximum Gasteiger partial charge on any atom is 0.170 e. The lowest BCUT2D eigenvalue weighted by Gasteiger charge is -2.12. The van der Waals surface area contributed by atoms with E-state index in [0.29, 0.717) is 23.5 Å². The summed E-state index contributed by atoms with van der Waals surface area (Å²) in [7, 11) is 0. The van der Waals surface area contributed by atoms with Gasteiger partial charge in [0.2, 0.25) is 0 Å². The van der Waals surface area contributed by atoms with Crippen LogP contribution in [-0.2, 0) is 0 Å². The summed E-state index contributed by atoms with van der Waals surface area (Å²) >= 11 is 0. The predicted molar refractivity (Wildman–Crippen MR) is 65.2 cm³/mol. The number of aliphatic hydroxyl groups excluding tert-OH is 1. The lowest BCUT2D eigenvalue weighted by Crippen LogP contribution is -2.02. The normalized spacial score (nSPS) is 15.1. The van der Waals surface area contributed by atoms with Gasteiger partial charge in [-0.15, -0.1) is 0 Å². The van der Waals surface area contributed by atoms with Gasteiger partial charge in [-0.2, -0.15) is 0 Å². The topological polar surface area (TPSA) is 33.4 Å². The van der Waals surface area contributed by atoms with Crippen molar-refractivity contribution >= 4 is 11.0 Å². The molecule has 0 fully saturated rings. The van der Waals surface area contributed by atoms with E-state index in [0.717, 1.165) is 6.42 Å². The fraction of sp³-hybridized carbons (Fsp3) is 0.429. The molecule has 1 heterocycles. The zero-order valence-electron chi connectivity index (χ0n) is 10.1. The zero-order chi connectivity index (χ0) is 12.4. The van der Waals surface area contributed by atoms with Crippen LogP contribution in [-0.4, -0.2) is 5.11 Å². The number of halogens is 1. The third kappa shape index (κ3) is 2.50. The summed E-state index contributed by atoms with van der Waals surface area (Å²) in [6, 6.07) is 6.49. The summed E-state index contributed by atoms with van der Waals surface area (Å²) < 4.78 is 18.8. The molecule has 2 unspecified atom stereocenters. The van der Waals surface area contributed by atoms with E-state index in [1.165, 1.54) is 6.07 Å². The van der Waals surface area contributed by atoms with E-state index >= 15 is 0 Å². The summed E-state index contributed by atoms with van der Waals surface area (Å²) in [6.45, 7) is 4.15. The molecule has 1 aromatic carbocycles. The van der Waals surface area contributed by atoms with Gasteiger partial charge in [0.1, 0.15) is 11.9 Å². The molecular formula is C14H17FO2. The third-order valence-corrected chi connectivity index (χ3v) is 3.17. The molecule has 0 saturated heterocycles. The van der Waals surface area contributed by atoms with E-state index < -0.39 is 6.10 Å². The van der Waals surface area contributed by atoms with E-state index in [-0.39, 0.29) is 11.4 Å². The molecule has 1 N–H and O–H groups in total. The second-order valence-electron chi connectivity index (χ2n) is 4.57. The molecule has 2 rings (SSSR count). The molecule has 1 aromatic heterocycles. The first-order valence-corrected chi connectivity index (χ1v) is 5.97. The molecule has 2 aromatic rings. The molecule has 92 valence electrons. The highest BCUT2D eigenvalue weighted by atomic mass is 19.1. The van der Waals surface area contributed by atoms with Crippen molar-refractivity contribution in [3.8, 4) is 0 Å². The van der Waals surface area contributed by atoms with Crippen LogP contribution in [0.4, 0.5) is 4.39 Å². The van der Waals surface area contributed by atoms with Crippen LogP contribution < -0.4 is 0 Å². The van der Waals surface area contributed by atoms with Crippen LogP contribution in [0, 0.1) is 11.7 Å². The number of furan rings is 1. The molecule has 17 heavy (non-hydrogen) atoms. The van der Waals surface area contributed by atoms with Crippen LogP contribution in [0.5, 0.6) is 0 Å². The van der Waals surface area contributed by atoms with Gasteiger partial charge in [0.05, 0.1) is 0 Å². The molecule has 0 radical (unpaired) electrons. The summed E-state index contributed by atoms with van der Waals surface area (Å²) in [5.74, 6) is 0.484. The number of para-hydroxylation sites is 1. The van der Waals surface area contributed by atoms with Gasteiger partial charge in [-0.3, -0.25) is 0 Å². The van der Waals surface area contributed by atoms with Crippen molar-refractivity contribution in [1.82, 2.24) is 0 Å². The number of benzene rings is 1. The molecule has 0 aliphatic heterocycles. The van der Waals surface area contributed by atoms with Crippen LogP contribution >= 0.6 is 0 Å². The maximum atomic E-state index is 13.4. The van der Waals surface area contributed by atoms with Gasteiger partial charge in [-0.05, 0) is 24.5 Å². The highest BCUT2D eigenvalue weighted by Gasteiger charge is 2.17. The van der Waals surface area contributed by atoms with Gasteiger partial charge < -0.3 is 9.52 Å². The van der Waals surface area contributed by atoms with Crippen molar-refractivity contribution in [2.75, 3.05) is 0 Å². The number of hydrogen-bond acceptors (Lipinski definition) is 2. The summed E-state index contributed by atoms with van der Waals surface area (Å²) in [5, 5.41) is 10.7. The smallest absolute Gasteiger partial charge is 0.170 e. The standard InChI is InChI=1S/C14H17FO2/c1-3-9(2)7-12(16)13-8-10-5-4-6-11(15)14(10)17-13/h4-6,8-9,12,16H,3,7H2,1-2H3. The Morgan fingerprint density at radius 2 is 2.18 bits per heavy atom. The molecule has 2 atom stereocenters. The first-order valence-electron chi connectivity index (χ1n) is 5.97. The molecule has 0 saturated carbocycles. The van der Waals surface area contributed by atoms with Gasteiger partial charge in [-0.1, -0.05) is 32.4 Å². The lowest BCUT2D eigenvalue weighted by atomic mass is 10.00. The summed E-state index contributed by atoms with van der Waals surface area (Å²) in [6.07, 6.45) is 0.987. The lowest BCUT2D eigenvalue weighted by molar-refractivity contribution is 0.123. The average molecular weight is 236 g/mol. The number of rotatable bonds is 4. The Bertz CT molecular complexity index is 504. The Kier molecular flexibility index (Phi) is 3.48. The minimum atomic E-state index is -0.656. The molecule has 0 amide bonds. The Morgan fingerprint density at radius 3 is 2.82 bits per heavy atom. The number of fused-ring (bicyclic) bond motifs is 1. The van der Waals surface area contributed by atoms with Crippen molar-refractivity contribution in [3.05, 3.63) is 35.8 Å². The van der Waals surface area contributed by atoms with Crippen LogP contribution in [0.1, 0.15) is 38.6 Å². The molecule has 0 aliphatic carbocycles. The first kappa shape index (κ1) is 12.1. The minimum Gasteiger partial charge on any atom is -0.455 e. The van der Waals surface area contributed by atoms with Crippen LogP contribution in [0.3, 0.4) is 0 Å². The SMILES string of the molecule is CCC(C)CC(O)c1cc2cccc(F)c2o1. The van der Waals surface area contributed by atoms with Gasteiger partial charge in [0.15, 0.2) is 11.4 Å². The maximum absolute atomic E-state index is 13.4. The summed E-state index contributed by atoms with van der Waals surface area (Å²) in [4.78, 5) is 0.